The van der Waals surface area contributed by atoms with Crippen LogP contribution in [0, 0.1) is 0 Å². The highest BCUT2D eigenvalue weighted by molar-refractivity contribution is 9.10. The first-order valence-electron chi connectivity index (χ1n) is 4.71. The summed E-state index contributed by atoms with van der Waals surface area (Å²) in [5, 5.41) is 3.94. The zero-order valence-corrected chi connectivity index (χ0v) is 11.4. The molecule has 1 rings (SSSR count). The van der Waals surface area contributed by atoms with E-state index < -0.39 is 0 Å². The molecular formula is C10H15BrClN3. The first-order valence-corrected chi connectivity index (χ1v) is 5.88. The van der Waals surface area contributed by atoms with E-state index in [1.54, 1.807) is 6.20 Å². The molecule has 0 spiro atoms. The highest BCUT2D eigenvalue weighted by Crippen LogP contribution is 2.23. The second kappa shape index (κ2) is 5.68. The van der Waals surface area contributed by atoms with E-state index in [4.69, 9.17) is 11.6 Å². The second-order valence-electron chi connectivity index (χ2n) is 3.79. The van der Waals surface area contributed by atoms with Crippen LogP contribution in [0.15, 0.2) is 16.7 Å². The van der Waals surface area contributed by atoms with Crippen LogP contribution in [-0.4, -0.2) is 36.6 Å². The molecule has 0 aromatic carbocycles. The maximum atomic E-state index is 5.81. The molecule has 0 saturated carbocycles. The molecule has 3 nitrogen and oxygen atoms in total. The molecule has 1 heterocycles. The molecule has 84 valence electrons. The SMILES string of the molecule is CC(CN(C)C)Nc1ncc(Cl)cc1Br. The van der Waals surface area contributed by atoms with Gasteiger partial charge in [0.25, 0.3) is 0 Å². The predicted octanol–water partition coefficient (Wildman–Crippen LogP) is 2.86. The van der Waals surface area contributed by atoms with Crippen LogP contribution in [0.3, 0.4) is 0 Å². The number of nitrogens with one attached hydrogen (secondary N) is 1. The second-order valence-corrected chi connectivity index (χ2v) is 5.08. The summed E-state index contributed by atoms with van der Waals surface area (Å²) in [5.41, 5.74) is 0. The maximum absolute atomic E-state index is 5.81. The number of likely N-dealkylation sites (N-methyl/N-ethyl adjacent to an activating group) is 1. The molecule has 0 saturated heterocycles. The van der Waals surface area contributed by atoms with E-state index in [1.807, 2.05) is 20.2 Å². The molecule has 5 heteroatoms. The Balaban J connectivity index is 2.64. The fraction of sp³-hybridized carbons (Fsp3) is 0.500. The van der Waals surface area contributed by atoms with Gasteiger partial charge in [0.2, 0.25) is 0 Å². The van der Waals surface area contributed by atoms with Crippen molar-refractivity contribution in [3.63, 3.8) is 0 Å². The van der Waals surface area contributed by atoms with Crippen molar-refractivity contribution in [2.75, 3.05) is 26.0 Å². The van der Waals surface area contributed by atoms with Gasteiger partial charge in [-0.05, 0) is 43.0 Å². The summed E-state index contributed by atoms with van der Waals surface area (Å²) < 4.78 is 0.889. The Labute approximate surface area is 104 Å². The average Bonchev–Trinajstić information content (AvgIpc) is 2.08. The molecule has 1 aromatic rings. The average molecular weight is 293 g/mol. The molecule has 0 radical (unpaired) electrons. The van der Waals surface area contributed by atoms with Gasteiger partial charge in [-0.1, -0.05) is 11.6 Å². The largest absolute Gasteiger partial charge is 0.365 e. The van der Waals surface area contributed by atoms with Crippen LogP contribution in [0.1, 0.15) is 6.92 Å². The molecule has 0 aliphatic heterocycles. The number of pyridine rings is 1. The lowest BCUT2D eigenvalue weighted by Gasteiger charge is -2.19. The van der Waals surface area contributed by atoms with Gasteiger partial charge in [0.15, 0.2) is 0 Å². The molecule has 1 atom stereocenters. The fourth-order valence-electron chi connectivity index (χ4n) is 1.35. The summed E-state index contributed by atoms with van der Waals surface area (Å²) in [5.74, 6) is 0.828. The van der Waals surface area contributed by atoms with Gasteiger partial charge in [-0.25, -0.2) is 4.98 Å². The summed E-state index contributed by atoms with van der Waals surface area (Å²) >= 11 is 9.23. The Bertz CT molecular complexity index is 330. The van der Waals surface area contributed by atoms with Crippen LogP contribution in [0.25, 0.3) is 0 Å². The minimum absolute atomic E-state index is 0.338. The van der Waals surface area contributed by atoms with Crippen molar-refractivity contribution in [2.24, 2.45) is 0 Å². The van der Waals surface area contributed by atoms with Crippen molar-refractivity contribution in [1.82, 2.24) is 9.88 Å². The molecule has 1 unspecified atom stereocenters. The first kappa shape index (κ1) is 12.7. The molecule has 0 aliphatic carbocycles. The lowest BCUT2D eigenvalue weighted by atomic mass is 10.3. The number of anilines is 1. The Morgan fingerprint density at radius 2 is 2.27 bits per heavy atom. The van der Waals surface area contributed by atoms with Gasteiger partial charge in [-0.15, -0.1) is 0 Å². The minimum atomic E-state index is 0.338. The van der Waals surface area contributed by atoms with Crippen molar-refractivity contribution < 1.29 is 0 Å². The highest BCUT2D eigenvalue weighted by atomic mass is 79.9. The number of aromatic nitrogens is 1. The van der Waals surface area contributed by atoms with Gasteiger partial charge >= 0.3 is 0 Å². The van der Waals surface area contributed by atoms with E-state index in [9.17, 15) is 0 Å². The third kappa shape index (κ3) is 4.36. The van der Waals surface area contributed by atoms with Crippen LogP contribution in [0.2, 0.25) is 5.02 Å². The Kier molecular flexibility index (Phi) is 4.83. The van der Waals surface area contributed by atoms with Crippen molar-refractivity contribution in [1.29, 1.82) is 0 Å². The summed E-state index contributed by atoms with van der Waals surface area (Å²) in [6.07, 6.45) is 1.64. The van der Waals surface area contributed by atoms with Gasteiger partial charge in [0.05, 0.1) is 9.50 Å². The molecule has 0 aliphatic rings. The van der Waals surface area contributed by atoms with Gasteiger partial charge in [0, 0.05) is 18.8 Å². The Morgan fingerprint density at radius 3 is 2.80 bits per heavy atom. The molecule has 0 bridgehead atoms. The van der Waals surface area contributed by atoms with Crippen LogP contribution < -0.4 is 5.32 Å². The maximum Gasteiger partial charge on any atom is 0.140 e. The van der Waals surface area contributed by atoms with Gasteiger partial charge in [-0.2, -0.15) is 0 Å². The number of hydrogen-bond acceptors (Lipinski definition) is 3. The van der Waals surface area contributed by atoms with E-state index in [0.29, 0.717) is 11.1 Å². The van der Waals surface area contributed by atoms with E-state index in [-0.39, 0.29) is 0 Å². The lowest BCUT2D eigenvalue weighted by Crippen LogP contribution is -2.30. The van der Waals surface area contributed by atoms with E-state index in [0.717, 1.165) is 16.8 Å². The third-order valence-electron chi connectivity index (χ3n) is 1.83. The summed E-state index contributed by atoms with van der Waals surface area (Å²) in [6.45, 7) is 3.07. The van der Waals surface area contributed by atoms with Gasteiger partial charge < -0.3 is 10.2 Å². The zero-order chi connectivity index (χ0) is 11.4. The van der Waals surface area contributed by atoms with Crippen molar-refractivity contribution >= 4 is 33.3 Å². The number of rotatable bonds is 4. The molecule has 15 heavy (non-hydrogen) atoms. The topological polar surface area (TPSA) is 28.2 Å². The van der Waals surface area contributed by atoms with Gasteiger partial charge in [-0.3, -0.25) is 0 Å². The monoisotopic (exact) mass is 291 g/mol. The van der Waals surface area contributed by atoms with Crippen LogP contribution >= 0.6 is 27.5 Å². The smallest absolute Gasteiger partial charge is 0.140 e. The number of halogens is 2. The van der Waals surface area contributed by atoms with E-state index in [1.165, 1.54) is 0 Å². The van der Waals surface area contributed by atoms with Crippen LogP contribution in [0.4, 0.5) is 5.82 Å². The fourth-order valence-corrected chi connectivity index (χ4v) is 2.10. The highest BCUT2D eigenvalue weighted by Gasteiger charge is 2.07. The third-order valence-corrected chi connectivity index (χ3v) is 2.64. The molecule has 0 amide bonds. The van der Waals surface area contributed by atoms with Crippen LogP contribution in [-0.2, 0) is 0 Å². The number of hydrogen-bond donors (Lipinski definition) is 1. The molecular weight excluding hydrogens is 277 g/mol. The van der Waals surface area contributed by atoms with Crippen molar-refractivity contribution in [3.8, 4) is 0 Å². The summed E-state index contributed by atoms with van der Waals surface area (Å²) in [6, 6.07) is 2.17. The van der Waals surface area contributed by atoms with E-state index >= 15 is 0 Å². The minimum Gasteiger partial charge on any atom is -0.365 e. The quantitative estimate of drug-likeness (QED) is 0.925. The lowest BCUT2D eigenvalue weighted by molar-refractivity contribution is 0.392. The van der Waals surface area contributed by atoms with Crippen molar-refractivity contribution in [3.05, 3.63) is 21.8 Å². The van der Waals surface area contributed by atoms with Gasteiger partial charge in [0.1, 0.15) is 5.82 Å². The Morgan fingerprint density at radius 1 is 1.60 bits per heavy atom. The predicted molar refractivity (Wildman–Crippen MR) is 68.6 cm³/mol. The molecule has 1 N–H and O–H groups in total. The first-order chi connectivity index (χ1) is 6.99. The van der Waals surface area contributed by atoms with Crippen LogP contribution in [0.5, 0.6) is 0 Å². The van der Waals surface area contributed by atoms with E-state index in [2.05, 4.69) is 38.1 Å². The normalized spacial score (nSPS) is 12.9. The Hall–Kier alpha value is -0.320. The molecule has 1 aromatic heterocycles. The number of nitrogens with zero attached hydrogens (tertiary/aromatic N) is 2. The standard InChI is InChI=1S/C10H15BrClN3/c1-7(6-15(2)3)14-10-9(11)4-8(12)5-13-10/h4-5,7H,6H2,1-3H3,(H,13,14). The summed E-state index contributed by atoms with van der Waals surface area (Å²) in [7, 11) is 4.09. The van der Waals surface area contributed by atoms with Crippen molar-refractivity contribution in [2.45, 2.75) is 13.0 Å². The summed E-state index contributed by atoms with van der Waals surface area (Å²) in [4.78, 5) is 6.34. The molecule has 0 fully saturated rings. The zero-order valence-electron chi connectivity index (χ0n) is 9.09.